The number of rotatable bonds is 3. The first kappa shape index (κ1) is 12.9. The molecule has 0 saturated heterocycles. The fraction of sp³-hybridized carbons (Fsp3) is 0.222. The molecule has 2 nitrogen and oxygen atoms in total. The molecular formula is C18H20N2. The largest absolute Gasteiger partial charge is 0.358 e. The Morgan fingerprint density at radius 3 is 2.60 bits per heavy atom. The molecule has 0 amide bonds. The highest BCUT2D eigenvalue weighted by molar-refractivity contribution is 5.80. The maximum atomic E-state index is 6.06. The zero-order valence-electron chi connectivity index (χ0n) is 12.0. The first-order valence-electron chi connectivity index (χ1n) is 7.04. The van der Waals surface area contributed by atoms with Crippen LogP contribution in [0.15, 0.2) is 48.5 Å². The van der Waals surface area contributed by atoms with E-state index >= 15 is 0 Å². The van der Waals surface area contributed by atoms with E-state index in [0.29, 0.717) is 6.54 Å². The average Bonchev–Trinajstić information content (AvgIpc) is 2.87. The summed E-state index contributed by atoms with van der Waals surface area (Å²) in [5, 5.41) is 1.24. The topological polar surface area (TPSA) is 41.8 Å². The molecular weight excluding hydrogens is 244 g/mol. The van der Waals surface area contributed by atoms with Gasteiger partial charge in [-0.05, 0) is 42.5 Å². The molecule has 3 N–H and O–H groups in total. The molecule has 0 aliphatic rings. The fourth-order valence-electron chi connectivity index (χ4n) is 2.84. The second kappa shape index (κ2) is 5.14. The van der Waals surface area contributed by atoms with Crippen LogP contribution in [0, 0.1) is 13.8 Å². The van der Waals surface area contributed by atoms with Crippen LogP contribution in [0.2, 0.25) is 0 Å². The fourth-order valence-corrected chi connectivity index (χ4v) is 2.84. The normalized spacial score (nSPS) is 12.8. The Kier molecular flexibility index (Phi) is 3.33. The van der Waals surface area contributed by atoms with Gasteiger partial charge in [-0.1, -0.05) is 42.0 Å². The molecule has 0 spiro atoms. The Bertz CT molecular complexity index is 707. The highest BCUT2D eigenvalue weighted by atomic mass is 14.7. The van der Waals surface area contributed by atoms with Crippen molar-refractivity contribution in [3.8, 4) is 0 Å². The molecule has 2 aromatic carbocycles. The number of aryl methyl sites for hydroxylation is 2. The summed E-state index contributed by atoms with van der Waals surface area (Å²) >= 11 is 0. The Labute approximate surface area is 119 Å². The van der Waals surface area contributed by atoms with E-state index < -0.39 is 0 Å². The molecule has 20 heavy (non-hydrogen) atoms. The lowest BCUT2D eigenvalue weighted by molar-refractivity contribution is 0.790. The van der Waals surface area contributed by atoms with Gasteiger partial charge in [0.2, 0.25) is 0 Å². The van der Waals surface area contributed by atoms with Crippen molar-refractivity contribution in [1.82, 2.24) is 4.98 Å². The first-order chi connectivity index (χ1) is 9.69. The standard InChI is InChI=1S/C18H20N2/c1-12-7-8-13(2)15(9-12)16(11-19)18-10-14-5-3-4-6-17(14)20-18/h3-10,16,20H,11,19H2,1-2H3. The number of fused-ring (bicyclic) bond motifs is 1. The van der Waals surface area contributed by atoms with Crippen molar-refractivity contribution < 1.29 is 0 Å². The maximum absolute atomic E-state index is 6.06. The molecule has 1 heterocycles. The third-order valence-corrected chi connectivity index (χ3v) is 3.97. The van der Waals surface area contributed by atoms with Crippen molar-refractivity contribution >= 4 is 10.9 Å². The molecule has 0 aliphatic carbocycles. The van der Waals surface area contributed by atoms with E-state index in [4.69, 9.17) is 5.73 Å². The Morgan fingerprint density at radius 1 is 1.05 bits per heavy atom. The number of nitrogens with one attached hydrogen (secondary N) is 1. The summed E-state index contributed by atoms with van der Waals surface area (Å²) in [5.41, 5.74) is 12.3. The highest BCUT2D eigenvalue weighted by Gasteiger charge is 2.17. The number of benzene rings is 2. The second-order valence-electron chi connectivity index (χ2n) is 5.46. The van der Waals surface area contributed by atoms with E-state index in [-0.39, 0.29) is 5.92 Å². The van der Waals surface area contributed by atoms with Crippen LogP contribution in [-0.2, 0) is 0 Å². The quantitative estimate of drug-likeness (QED) is 0.740. The number of hydrogen-bond acceptors (Lipinski definition) is 1. The summed E-state index contributed by atoms with van der Waals surface area (Å²) in [7, 11) is 0. The molecule has 0 aliphatic heterocycles. The van der Waals surface area contributed by atoms with Gasteiger partial charge in [0.25, 0.3) is 0 Å². The van der Waals surface area contributed by atoms with Crippen LogP contribution in [0.1, 0.15) is 28.3 Å². The molecule has 3 aromatic rings. The van der Waals surface area contributed by atoms with Crippen LogP contribution in [0.4, 0.5) is 0 Å². The molecule has 1 atom stereocenters. The molecule has 1 aromatic heterocycles. The van der Waals surface area contributed by atoms with E-state index in [1.807, 2.05) is 0 Å². The number of aromatic nitrogens is 1. The van der Waals surface area contributed by atoms with Gasteiger partial charge in [-0.2, -0.15) is 0 Å². The van der Waals surface area contributed by atoms with Gasteiger partial charge in [0.05, 0.1) is 0 Å². The average molecular weight is 264 g/mol. The second-order valence-corrected chi connectivity index (χ2v) is 5.46. The summed E-state index contributed by atoms with van der Waals surface area (Å²) in [4.78, 5) is 3.51. The zero-order valence-corrected chi connectivity index (χ0v) is 12.0. The minimum Gasteiger partial charge on any atom is -0.358 e. The Hall–Kier alpha value is -2.06. The number of para-hydroxylation sites is 1. The summed E-state index contributed by atoms with van der Waals surface area (Å²) in [6.45, 7) is 4.89. The van der Waals surface area contributed by atoms with Gasteiger partial charge in [-0.25, -0.2) is 0 Å². The number of H-pyrrole nitrogens is 1. The van der Waals surface area contributed by atoms with Crippen molar-refractivity contribution in [2.24, 2.45) is 5.73 Å². The van der Waals surface area contributed by atoms with Gasteiger partial charge in [0.1, 0.15) is 0 Å². The third kappa shape index (κ3) is 2.23. The van der Waals surface area contributed by atoms with Gasteiger partial charge in [0.15, 0.2) is 0 Å². The van der Waals surface area contributed by atoms with Crippen LogP contribution >= 0.6 is 0 Å². The molecule has 0 saturated carbocycles. The van der Waals surface area contributed by atoms with E-state index in [9.17, 15) is 0 Å². The molecule has 0 bridgehead atoms. The minimum atomic E-state index is 0.224. The van der Waals surface area contributed by atoms with Crippen LogP contribution in [0.3, 0.4) is 0 Å². The van der Waals surface area contributed by atoms with E-state index in [1.165, 1.54) is 33.3 Å². The van der Waals surface area contributed by atoms with Crippen molar-refractivity contribution in [1.29, 1.82) is 0 Å². The van der Waals surface area contributed by atoms with Crippen molar-refractivity contribution in [3.63, 3.8) is 0 Å². The van der Waals surface area contributed by atoms with Crippen LogP contribution in [0.25, 0.3) is 10.9 Å². The Morgan fingerprint density at radius 2 is 1.85 bits per heavy atom. The monoisotopic (exact) mass is 264 g/mol. The van der Waals surface area contributed by atoms with Crippen molar-refractivity contribution in [3.05, 3.63) is 70.9 Å². The summed E-state index contributed by atoms with van der Waals surface area (Å²) in [6.07, 6.45) is 0. The Balaban J connectivity index is 2.11. The number of nitrogens with two attached hydrogens (primary N) is 1. The van der Waals surface area contributed by atoms with Gasteiger partial charge >= 0.3 is 0 Å². The SMILES string of the molecule is Cc1ccc(C)c(C(CN)c2cc3ccccc3[nH]2)c1. The molecule has 2 heteroatoms. The maximum Gasteiger partial charge on any atom is 0.0456 e. The molecule has 0 radical (unpaired) electrons. The molecule has 0 fully saturated rings. The first-order valence-corrected chi connectivity index (χ1v) is 7.04. The zero-order chi connectivity index (χ0) is 14.1. The van der Waals surface area contributed by atoms with Crippen molar-refractivity contribution in [2.75, 3.05) is 6.54 Å². The number of hydrogen-bond donors (Lipinski definition) is 2. The lowest BCUT2D eigenvalue weighted by Crippen LogP contribution is -2.15. The predicted molar refractivity (Wildman–Crippen MR) is 85.1 cm³/mol. The van der Waals surface area contributed by atoms with E-state index in [2.05, 4.69) is 67.4 Å². The lowest BCUT2D eigenvalue weighted by atomic mass is 9.91. The predicted octanol–water partition coefficient (Wildman–Crippen LogP) is 3.88. The van der Waals surface area contributed by atoms with Crippen LogP contribution < -0.4 is 5.73 Å². The van der Waals surface area contributed by atoms with Gasteiger partial charge < -0.3 is 10.7 Å². The number of aromatic amines is 1. The minimum absolute atomic E-state index is 0.224. The summed E-state index contributed by atoms with van der Waals surface area (Å²) in [6, 6.07) is 17.1. The highest BCUT2D eigenvalue weighted by Crippen LogP contribution is 2.29. The molecule has 1 unspecified atom stereocenters. The van der Waals surface area contributed by atoms with Crippen LogP contribution in [0.5, 0.6) is 0 Å². The summed E-state index contributed by atoms with van der Waals surface area (Å²) < 4.78 is 0. The van der Waals surface area contributed by atoms with Gasteiger partial charge in [0, 0.05) is 23.7 Å². The summed E-state index contributed by atoms with van der Waals surface area (Å²) in [5.74, 6) is 0.224. The van der Waals surface area contributed by atoms with Gasteiger partial charge in [-0.3, -0.25) is 0 Å². The van der Waals surface area contributed by atoms with Crippen molar-refractivity contribution in [2.45, 2.75) is 19.8 Å². The van der Waals surface area contributed by atoms with E-state index in [1.54, 1.807) is 0 Å². The molecule has 102 valence electrons. The van der Waals surface area contributed by atoms with Crippen LogP contribution in [-0.4, -0.2) is 11.5 Å². The lowest BCUT2D eigenvalue weighted by Gasteiger charge is -2.17. The van der Waals surface area contributed by atoms with Gasteiger partial charge in [-0.15, -0.1) is 0 Å². The molecule has 3 rings (SSSR count). The third-order valence-electron chi connectivity index (χ3n) is 3.97. The smallest absolute Gasteiger partial charge is 0.0456 e. The van der Waals surface area contributed by atoms with E-state index in [0.717, 1.165) is 0 Å².